The van der Waals surface area contributed by atoms with Gasteiger partial charge in [0.2, 0.25) is 11.8 Å². The van der Waals surface area contributed by atoms with Gasteiger partial charge in [0.1, 0.15) is 6.61 Å². The summed E-state index contributed by atoms with van der Waals surface area (Å²) >= 11 is 0. The summed E-state index contributed by atoms with van der Waals surface area (Å²) in [6.07, 6.45) is 0. The first-order valence-electron chi connectivity index (χ1n) is 4.93. The van der Waals surface area contributed by atoms with E-state index in [2.05, 4.69) is 10.2 Å². The van der Waals surface area contributed by atoms with Crippen LogP contribution in [-0.2, 0) is 6.61 Å². The van der Waals surface area contributed by atoms with Gasteiger partial charge in [-0.15, -0.1) is 10.2 Å². The Morgan fingerprint density at radius 1 is 0.938 bits per heavy atom. The van der Waals surface area contributed by atoms with E-state index >= 15 is 0 Å². The first-order valence-corrected chi connectivity index (χ1v) is 4.93. The van der Waals surface area contributed by atoms with Crippen LogP contribution in [-0.4, -0.2) is 17.3 Å². The van der Waals surface area contributed by atoms with Gasteiger partial charge in [0.25, 0.3) is 0 Å². The maximum Gasteiger partial charge on any atom is 0.233 e. The van der Waals surface area contributed by atoms with E-state index in [0.29, 0.717) is 18.4 Å². The molecule has 0 N–H and O–H groups in total. The second-order valence-corrected chi connectivity index (χ2v) is 3.19. The van der Waals surface area contributed by atoms with Crippen molar-refractivity contribution in [2.45, 2.75) is 6.61 Å². The Bertz CT molecular complexity index is 429. The van der Waals surface area contributed by atoms with Crippen LogP contribution in [0, 0.1) is 0 Å². The Balaban J connectivity index is 1.94. The van der Waals surface area contributed by atoms with Crippen molar-refractivity contribution in [1.82, 2.24) is 10.2 Å². The van der Waals surface area contributed by atoms with Gasteiger partial charge in [0.15, 0.2) is 0 Å². The molecule has 0 bridgehead atoms. The third kappa shape index (κ3) is 2.70. The molecule has 0 radical (unpaired) electrons. The van der Waals surface area contributed by atoms with Crippen molar-refractivity contribution >= 4 is 0 Å². The molecule has 0 amide bonds. The number of hydrogen-bond acceptors (Lipinski definition) is 4. The average Bonchev–Trinajstić information content (AvgIpc) is 2.38. The van der Waals surface area contributed by atoms with Crippen LogP contribution in [0.1, 0.15) is 5.56 Å². The number of nitrogens with zero attached hydrogens (tertiary/aromatic N) is 2. The zero-order chi connectivity index (χ0) is 11.2. The lowest BCUT2D eigenvalue weighted by Crippen LogP contribution is -1.98. The molecule has 0 aliphatic carbocycles. The van der Waals surface area contributed by atoms with Crippen molar-refractivity contribution in [2.24, 2.45) is 0 Å². The Morgan fingerprint density at radius 3 is 2.25 bits per heavy atom. The van der Waals surface area contributed by atoms with Gasteiger partial charge in [-0.3, -0.25) is 0 Å². The molecule has 0 spiro atoms. The molecule has 0 saturated heterocycles. The van der Waals surface area contributed by atoms with E-state index < -0.39 is 0 Å². The summed E-state index contributed by atoms with van der Waals surface area (Å²) < 4.78 is 10.4. The van der Waals surface area contributed by atoms with Crippen LogP contribution in [0.3, 0.4) is 0 Å². The Hall–Kier alpha value is -2.10. The van der Waals surface area contributed by atoms with Gasteiger partial charge in [-0.1, -0.05) is 30.3 Å². The molecule has 0 unspecified atom stereocenters. The van der Waals surface area contributed by atoms with E-state index in [1.54, 1.807) is 19.2 Å². The third-order valence-electron chi connectivity index (χ3n) is 2.05. The number of ether oxygens (including phenoxy) is 2. The normalized spacial score (nSPS) is 9.81. The molecule has 0 saturated carbocycles. The number of hydrogen-bond donors (Lipinski definition) is 0. The molecule has 16 heavy (non-hydrogen) atoms. The van der Waals surface area contributed by atoms with Gasteiger partial charge < -0.3 is 9.47 Å². The fourth-order valence-corrected chi connectivity index (χ4v) is 1.23. The van der Waals surface area contributed by atoms with E-state index in [0.717, 1.165) is 5.56 Å². The maximum absolute atomic E-state index is 5.46. The second kappa shape index (κ2) is 5.11. The summed E-state index contributed by atoms with van der Waals surface area (Å²) in [5.41, 5.74) is 1.10. The quantitative estimate of drug-likeness (QED) is 0.784. The summed E-state index contributed by atoms with van der Waals surface area (Å²) in [6.45, 7) is 0.488. The van der Waals surface area contributed by atoms with Crippen LogP contribution in [0.4, 0.5) is 0 Å². The molecule has 4 heteroatoms. The molecule has 0 aliphatic rings. The van der Waals surface area contributed by atoms with Crippen LogP contribution in [0.15, 0.2) is 42.5 Å². The maximum atomic E-state index is 5.46. The van der Waals surface area contributed by atoms with E-state index in [4.69, 9.17) is 9.47 Å². The Morgan fingerprint density at radius 2 is 1.62 bits per heavy atom. The molecule has 0 aliphatic heterocycles. The summed E-state index contributed by atoms with van der Waals surface area (Å²) in [4.78, 5) is 0. The van der Waals surface area contributed by atoms with Crippen molar-refractivity contribution in [1.29, 1.82) is 0 Å². The van der Waals surface area contributed by atoms with Crippen molar-refractivity contribution in [3.05, 3.63) is 48.0 Å². The standard InChI is InChI=1S/C12H12N2O2/c1-15-11-7-8-12(14-13-11)16-9-10-5-3-2-4-6-10/h2-8H,9H2,1H3. The molecule has 1 aromatic carbocycles. The lowest BCUT2D eigenvalue weighted by Gasteiger charge is -2.04. The molecular formula is C12H12N2O2. The highest BCUT2D eigenvalue weighted by molar-refractivity contribution is 5.17. The van der Waals surface area contributed by atoms with Crippen LogP contribution in [0.25, 0.3) is 0 Å². The molecule has 0 atom stereocenters. The van der Waals surface area contributed by atoms with Crippen molar-refractivity contribution in [3.8, 4) is 11.8 Å². The molecule has 0 fully saturated rings. The Kier molecular flexibility index (Phi) is 3.33. The molecule has 1 heterocycles. The lowest BCUT2D eigenvalue weighted by atomic mass is 10.2. The summed E-state index contributed by atoms with van der Waals surface area (Å²) in [5.74, 6) is 0.969. The van der Waals surface area contributed by atoms with Crippen LogP contribution >= 0.6 is 0 Å². The first kappa shape index (κ1) is 10.4. The minimum Gasteiger partial charge on any atom is -0.480 e. The van der Waals surface area contributed by atoms with Crippen LogP contribution in [0.5, 0.6) is 11.8 Å². The zero-order valence-corrected chi connectivity index (χ0v) is 8.96. The zero-order valence-electron chi connectivity index (χ0n) is 8.96. The van der Waals surface area contributed by atoms with E-state index in [9.17, 15) is 0 Å². The topological polar surface area (TPSA) is 44.2 Å². The average molecular weight is 216 g/mol. The van der Waals surface area contributed by atoms with Gasteiger partial charge in [-0.25, -0.2) is 0 Å². The minimum atomic E-state index is 0.479. The first-order chi connectivity index (χ1) is 7.88. The molecular weight excluding hydrogens is 204 g/mol. The van der Waals surface area contributed by atoms with E-state index in [1.165, 1.54) is 0 Å². The predicted octanol–water partition coefficient (Wildman–Crippen LogP) is 2.06. The fourth-order valence-electron chi connectivity index (χ4n) is 1.23. The number of methoxy groups -OCH3 is 1. The third-order valence-corrected chi connectivity index (χ3v) is 2.05. The van der Waals surface area contributed by atoms with E-state index in [1.807, 2.05) is 30.3 Å². The monoisotopic (exact) mass is 216 g/mol. The predicted molar refractivity (Wildman–Crippen MR) is 59.4 cm³/mol. The molecule has 2 rings (SSSR count). The number of rotatable bonds is 4. The highest BCUT2D eigenvalue weighted by Crippen LogP contribution is 2.11. The lowest BCUT2D eigenvalue weighted by molar-refractivity contribution is 0.286. The molecule has 82 valence electrons. The fraction of sp³-hybridized carbons (Fsp3) is 0.167. The van der Waals surface area contributed by atoms with E-state index in [-0.39, 0.29) is 0 Å². The van der Waals surface area contributed by atoms with Gasteiger partial charge in [-0.05, 0) is 5.56 Å². The molecule has 4 nitrogen and oxygen atoms in total. The largest absolute Gasteiger partial charge is 0.480 e. The van der Waals surface area contributed by atoms with Gasteiger partial charge >= 0.3 is 0 Å². The van der Waals surface area contributed by atoms with Crippen LogP contribution < -0.4 is 9.47 Å². The summed E-state index contributed by atoms with van der Waals surface area (Å²) in [7, 11) is 1.55. The van der Waals surface area contributed by atoms with Gasteiger partial charge in [0.05, 0.1) is 7.11 Å². The van der Waals surface area contributed by atoms with Crippen molar-refractivity contribution < 1.29 is 9.47 Å². The van der Waals surface area contributed by atoms with Gasteiger partial charge in [0, 0.05) is 12.1 Å². The SMILES string of the molecule is COc1ccc(OCc2ccccc2)nn1. The van der Waals surface area contributed by atoms with Gasteiger partial charge in [-0.2, -0.15) is 0 Å². The molecule has 2 aromatic rings. The number of benzene rings is 1. The second-order valence-electron chi connectivity index (χ2n) is 3.19. The van der Waals surface area contributed by atoms with Crippen molar-refractivity contribution in [2.75, 3.05) is 7.11 Å². The van der Waals surface area contributed by atoms with Crippen molar-refractivity contribution in [3.63, 3.8) is 0 Å². The molecule has 1 aromatic heterocycles. The smallest absolute Gasteiger partial charge is 0.233 e. The summed E-state index contributed by atoms with van der Waals surface area (Å²) in [5, 5.41) is 7.68. The number of aromatic nitrogens is 2. The minimum absolute atomic E-state index is 0.479. The Labute approximate surface area is 93.9 Å². The summed E-state index contributed by atoms with van der Waals surface area (Å²) in [6, 6.07) is 13.4. The van der Waals surface area contributed by atoms with Crippen LogP contribution in [0.2, 0.25) is 0 Å². The highest BCUT2D eigenvalue weighted by atomic mass is 16.5. The highest BCUT2D eigenvalue weighted by Gasteiger charge is 1.98.